The molecule has 0 aliphatic carbocycles. The largest absolute Gasteiger partial charge is 0.478 e. The van der Waals surface area contributed by atoms with Crippen LogP contribution in [0.4, 0.5) is 0 Å². The molecular formula is C15H15N3O3. The topological polar surface area (TPSA) is 84.2 Å². The molecule has 2 rings (SSSR count). The van der Waals surface area contributed by atoms with E-state index in [-0.39, 0.29) is 5.91 Å². The Morgan fingerprint density at radius 1 is 1.38 bits per heavy atom. The first-order chi connectivity index (χ1) is 10.1. The van der Waals surface area contributed by atoms with E-state index in [0.29, 0.717) is 24.2 Å². The maximum atomic E-state index is 12.0. The van der Waals surface area contributed by atoms with Gasteiger partial charge in [-0.05, 0) is 23.8 Å². The summed E-state index contributed by atoms with van der Waals surface area (Å²) in [6, 6.07) is 6.78. The summed E-state index contributed by atoms with van der Waals surface area (Å²) in [5, 5.41) is 11.4. The number of amides is 1. The quantitative estimate of drug-likeness (QED) is 0.786. The molecular weight excluding hydrogens is 270 g/mol. The number of hydrogen-bond acceptors (Lipinski definition) is 3. The molecule has 6 heteroatoms. The van der Waals surface area contributed by atoms with Crippen LogP contribution in [0.2, 0.25) is 0 Å². The molecule has 6 nitrogen and oxygen atoms in total. The lowest BCUT2D eigenvalue weighted by atomic mass is 10.1. The van der Waals surface area contributed by atoms with Gasteiger partial charge >= 0.3 is 5.97 Å². The summed E-state index contributed by atoms with van der Waals surface area (Å²) in [7, 11) is 0. The number of hydrogen-bond donors (Lipinski definition) is 2. The van der Waals surface area contributed by atoms with Crippen molar-refractivity contribution in [3.63, 3.8) is 0 Å². The number of carbonyl (C=O) groups excluding carboxylic acids is 1. The maximum Gasteiger partial charge on any atom is 0.328 e. The molecule has 1 aromatic heterocycles. The van der Waals surface area contributed by atoms with E-state index in [9.17, 15) is 9.59 Å². The first-order valence-electron chi connectivity index (χ1n) is 6.40. The van der Waals surface area contributed by atoms with Crippen molar-refractivity contribution in [2.45, 2.75) is 6.54 Å². The van der Waals surface area contributed by atoms with Crippen LogP contribution in [0.15, 0.2) is 49.1 Å². The number of nitrogens with one attached hydrogen (secondary N) is 1. The van der Waals surface area contributed by atoms with Gasteiger partial charge in [-0.1, -0.05) is 12.1 Å². The minimum atomic E-state index is -1.02. The number of carboxylic acids is 1. The van der Waals surface area contributed by atoms with Crippen LogP contribution < -0.4 is 5.32 Å². The number of rotatable bonds is 6. The van der Waals surface area contributed by atoms with E-state index in [1.165, 1.54) is 6.08 Å². The second-order valence-electron chi connectivity index (χ2n) is 4.35. The number of aliphatic carboxylic acids is 1. The van der Waals surface area contributed by atoms with Crippen LogP contribution in [0.25, 0.3) is 6.08 Å². The van der Waals surface area contributed by atoms with Crippen molar-refractivity contribution in [2.75, 3.05) is 6.54 Å². The molecule has 0 bridgehead atoms. The SMILES string of the molecule is O=C(O)C=Cc1cccc(C(=O)NCCn2ccnc2)c1. The van der Waals surface area contributed by atoms with Gasteiger partial charge in [0, 0.05) is 37.1 Å². The highest BCUT2D eigenvalue weighted by molar-refractivity contribution is 5.95. The van der Waals surface area contributed by atoms with Crippen LogP contribution in [0.5, 0.6) is 0 Å². The zero-order valence-electron chi connectivity index (χ0n) is 11.3. The molecule has 0 fully saturated rings. The number of carboxylic acid groups (broad SMARTS) is 1. The Morgan fingerprint density at radius 2 is 2.24 bits per heavy atom. The van der Waals surface area contributed by atoms with Crippen LogP contribution in [-0.2, 0) is 11.3 Å². The van der Waals surface area contributed by atoms with Crippen molar-refractivity contribution in [3.05, 3.63) is 60.2 Å². The second kappa shape index (κ2) is 7.04. The highest BCUT2D eigenvalue weighted by Crippen LogP contribution is 2.07. The third kappa shape index (κ3) is 4.61. The van der Waals surface area contributed by atoms with E-state index in [4.69, 9.17) is 5.11 Å². The summed E-state index contributed by atoms with van der Waals surface area (Å²) < 4.78 is 1.87. The smallest absolute Gasteiger partial charge is 0.328 e. The normalized spacial score (nSPS) is 10.7. The molecule has 0 aliphatic rings. The highest BCUT2D eigenvalue weighted by atomic mass is 16.4. The van der Waals surface area contributed by atoms with E-state index in [2.05, 4.69) is 10.3 Å². The third-order valence-corrected chi connectivity index (χ3v) is 2.78. The van der Waals surface area contributed by atoms with Crippen molar-refractivity contribution < 1.29 is 14.7 Å². The molecule has 1 aromatic carbocycles. The molecule has 2 N–H and O–H groups in total. The molecule has 108 valence electrons. The molecule has 2 aromatic rings. The highest BCUT2D eigenvalue weighted by Gasteiger charge is 2.05. The van der Waals surface area contributed by atoms with Gasteiger partial charge in [0.05, 0.1) is 6.33 Å². The van der Waals surface area contributed by atoms with Crippen LogP contribution in [0.1, 0.15) is 15.9 Å². The van der Waals surface area contributed by atoms with Gasteiger partial charge in [-0.2, -0.15) is 0 Å². The summed E-state index contributed by atoms with van der Waals surface area (Å²) in [6.45, 7) is 1.13. The van der Waals surface area contributed by atoms with Gasteiger partial charge in [0.1, 0.15) is 0 Å². The monoisotopic (exact) mass is 285 g/mol. The standard InChI is InChI=1S/C15H15N3O3/c19-14(20)5-4-12-2-1-3-13(10-12)15(21)17-7-9-18-8-6-16-11-18/h1-6,8,10-11H,7,9H2,(H,17,21)(H,19,20). The molecule has 0 aliphatic heterocycles. The first kappa shape index (κ1) is 14.5. The maximum absolute atomic E-state index is 12.0. The van der Waals surface area contributed by atoms with E-state index in [0.717, 1.165) is 6.08 Å². The minimum Gasteiger partial charge on any atom is -0.478 e. The van der Waals surface area contributed by atoms with Gasteiger partial charge < -0.3 is 15.0 Å². The van der Waals surface area contributed by atoms with E-state index in [1.54, 1.807) is 36.8 Å². The average molecular weight is 285 g/mol. The number of benzene rings is 1. The summed E-state index contributed by atoms with van der Waals surface area (Å²) in [4.78, 5) is 26.4. The van der Waals surface area contributed by atoms with E-state index < -0.39 is 5.97 Å². The van der Waals surface area contributed by atoms with Crippen LogP contribution >= 0.6 is 0 Å². The summed E-state index contributed by atoms with van der Waals surface area (Å²) in [5.74, 6) is -1.22. The fraction of sp³-hybridized carbons (Fsp3) is 0.133. The zero-order chi connectivity index (χ0) is 15.1. The molecule has 0 spiro atoms. The minimum absolute atomic E-state index is 0.194. The fourth-order valence-electron chi connectivity index (χ4n) is 1.77. The lowest BCUT2D eigenvalue weighted by Crippen LogP contribution is -2.26. The summed E-state index contributed by atoms with van der Waals surface area (Å²) in [6.07, 6.45) is 7.67. The molecule has 0 saturated heterocycles. The Balaban J connectivity index is 1.92. The predicted molar refractivity (Wildman–Crippen MR) is 77.7 cm³/mol. The first-order valence-corrected chi connectivity index (χ1v) is 6.40. The molecule has 1 heterocycles. The van der Waals surface area contributed by atoms with Crippen molar-refractivity contribution in [1.29, 1.82) is 0 Å². The summed E-state index contributed by atoms with van der Waals surface area (Å²) in [5.41, 5.74) is 1.16. The van der Waals surface area contributed by atoms with Crippen molar-refractivity contribution in [2.24, 2.45) is 0 Å². The van der Waals surface area contributed by atoms with Crippen molar-refractivity contribution in [3.8, 4) is 0 Å². The van der Waals surface area contributed by atoms with Gasteiger partial charge in [0.2, 0.25) is 0 Å². The number of carbonyl (C=O) groups is 2. The third-order valence-electron chi connectivity index (χ3n) is 2.78. The van der Waals surface area contributed by atoms with Crippen LogP contribution in [0.3, 0.4) is 0 Å². The Labute approximate surface area is 121 Å². The van der Waals surface area contributed by atoms with E-state index >= 15 is 0 Å². The molecule has 0 atom stereocenters. The molecule has 21 heavy (non-hydrogen) atoms. The molecule has 0 saturated carbocycles. The van der Waals surface area contributed by atoms with E-state index in [1.807, 2.05) is 10.8 Å². The Kier molecular flexibility index (Phi) is 4.87. The van der Waals surface area contributed by atoms with Crippen molar-refractivity contribution in [1.82, 2.24) is 14.9 Å². The van der Waals surface area contributed by atoms with Gasteiger partial charge in [0.25, 0.3) is 5.91 Å². The predicted octanol–water partition coefficient (Wildman–Crippen LogP) is 1.41. The number of imidazole rings is 1. The molecule has 0 unspecified atom stereocenters. The Bertz CT molecular complexity index is 648. The van der Waals surface area contributed by atoms with Gasteiger partial charge in [-0.25, -0.2) is 9.78 Å². The average Bonchev–Trinajstić information content (AvgIpc) is 2.98. The zero-order valence-corrected chi connectivity index (χ0v) is 11.3. The Morgan fingerprint density at radius 3 is 2.95 bits per heavy atom. The molecule has 1 amide bonds. The van der Waals surface area contributed by atoms with Crippen LogP contribution in [0, 0.1) is 0 Å². The second-order valence-corrected chi connectivity index (χ2v) is 4.35. The number of nitrogens with zero attached hydrogens (tertiary/aromatic N) is 2. The fourth-order valence-corrected chi connectivity index (χ4v) is 1.77. The van der Waals surface area contributed by atoms with Gasteiger partial charge in [-0.3, -0.25) is 4.79 Å². The van der Waals surface area contributed by atoms with Gasteiger partial charge in [0.15, 0.2) is 0 Å². The Hall–Kier alpha value is -2.89. The lowest BCUT2D eigenvalue weighted by molar-refractivity contribution is -0.131. The number of aromatic nitrogens is 2. The molecule has 0 radical (unpaired) electrons. The van der Waals surface area contributed by atoms with Gasteiger partial charge in [-0.15, -0.1) is 0 Å². The van der Waals surface area contributed by atoms with Crippen LogP contribution in [-0.4, -0.2) is 33.1 Å². The summed E-state index contributed by atoms with van der Waals surface area (Å²) >= 11 is 0. The lowest BCUT2D eigenvalue weighted by Gasteiger charge is -2.06. The van der Waals surface area contributed by atoms with Crippen molar-refractivity contribution >= 4 is 18.0 Å².